The number of Topliss-reactive ketones (excluding diaryl/α,β-unsaturated/α-hetero) is 1. The van der Waals surface area contributed by atoms with E-state index in [-0.39, 0.29) is 44.1 Å². The summed E-state index contributed by atoms with van der Waals surface area (Å²) in [5, 5.41) is 0.767. The van der Waals surface area contributed by atoms with Crippen LogP contribution in [-0.2, 0) is 30.6 Å². The van der Waals surface area contributed by atoms with Crippen LogP contribution in [0.3, 0.4) is 0 Å². The average molecular weight is 366 g/mol. The molecule has 3 aliphatic rings. The summed E-state index contributed by atoms with van der Waals surface area (Å²) in [5.74, 6) is -1.43. The Hall–Kier alpha value is -3.06. The number of ketones is 1. The first-order valence-electron chi connectivity index (χ1n) is 8.84. The van der Waals surface area contributed by atoms with Gasteiger partial charge in [-0.25, -0.2) is 0 Å². The molecule has 1 atom stereocenters. The van der Waals surface area contributed by atoms with Crippen molar-refractivity contribution in [2.75, 3.05) is 6.54 Å². The van der Waals surface area contributed by atoms with Crippen LogP contribution in [0.2, 0.25) is 0 Å². The number of piperidine rings is 1. The van der Waals surface area contributed by atoms with Crippen molar-refractivity contribution < 1.29 is 24.0 Å². The molecule has 0 N–H and O–H groups in total. The molecule has 1 aliphatic carbocycles. The number of hydrogen-bond acceptors (Lipinski definition) is 5. The Morgan fingerprint density at radius 2 is 1.85 bits per heavy atom. The second-order valence-corrected chi connectivity index (χ2v) is 6.69. The van der Waals surface area contributed by atoms with Crippen LogP contribution in [0, 0.1) is 0 Å². The van der Waals surface area contributed by atoms with E-state index in [2.05, 4.69) is 0 Å². The van der Waals surface area contributed by atoms with Gasteiger partial charge in [0, 0.05) is 24.0 Å². The zero-order valence-corrected chi connectivity index (χ0v) is 14.6. The minimum Gasteiger partial charge on any atom is -0.322 e. The highest BCUT2D eigenvalue weighted by Crippen LogP contribution is 2.30. The van der Waals surface area contributed by atoms with Gasteiger partial charge in [0.15, 0.2) is 5.78 Å². The molecule has 0 aromatic heterocycles. The van der Waals surface area contributed by atoms with E-state index < -0.39 is 17.9 Å². The lowest BCUT2D eigenvalue weighted by Crippen LogP contribution is -2.55. The molecule has 1 aromatic rings. The lowest BCUT2D eigenvalue weighted by molar-refractivity contribution is -0.207. The van der Waals surface area contributed by atoms with E-state index in [1.165, 1.54) is 4.90 Å². The van der Waals surface area contributed by atoms with Crippen molar-refractivity contribution in [2.24, 2.45) is 0 Å². The fourth-order valence-electron chi connectivity index (χ4n) is 3.56. The summed E-state index contributed by atoms with van der Waals surface area (Å²) in [4.78, 5) is 56.6. The van der Waals surface area contributed by atoms with Gasteiger partial charge in [-0.2, -0.15) is 5.06 Å². The first-order valence-corrected chi connectivity index (χ1v) is 8.84. The predicted octanol–water partition coefficient (Wildman–Crippen LogP) is 1.30. The van der Waals surface area contributed by atoms with Gasteiger partial charge in [0.05, 0.1) is 6.54 Å². The van der Waals surface area contributed by atoms with Crippen LogP contribution in [-0.4, -0.2) is 46.1 Å². The number of carbonyl (C=O) groups is 4. The van der Waals surface area contributed by atoms with Crippen molar-refractivity contribution >= 4 is 23.5 Å². The van der Waals surface area contributed by atoms with Crippen molar-refractivity contribution in [2.45, 2.75) is 31.9 Å². The van der Waals surface area contributed by atoms with E-state index in [4.69, 9.17) is 4.84 Å². The number of amides is 3. The SMILES string of the molecule is O=C1CC=CC2=C1CN(C1CCC(=O)N(OCc3ccccc3)C1=O)C2=O. The van der Waals surface area contributed by atoms with Gasteiger partial charge in [-0.3, -0.25) is 24.0 Å². The van der Waals surface area contributed by atoms with E-state index in [9.17, 15) is 19.2 Å². The number of hydrogen-bond donors (Lipinski definition) is 0. The third-order valence-electron chi connectivity index (χ3n) is 4.99. The molecule has 1 unspecified atom stereocenters. The topological polar surface area (TPSA) is 84.0 Å². The van der Waals surface area contributed by atoms with Gasteiger partial charge >= 0.3 is 0 Å². The van der Waals surface area contributed by atoms with Gasteiger partial charge < -0.3 is 4.90 Å². The van der Waals surface area contributed by atoms with Gasteiger partial charge in [0.1, 0.15) is 12.6 Å². The second kappa shape index (κ2) is 6.92. The Balaban J connectivity index is 1.49. The number of hydroxylamine groups is 2. The Morgan fingerprint density at radius 1 is 1.07 bits per heavy atom. The van der Waals surface area contributed by atoms with Crippen molar-refractivity contribution in [1.29, 1.82) is 0 Å². The van der Waals surface area contributed by atoms with Gasteiger partial charge in [-0.05, 0) is 12.0 Å². The van der Waals surface area contributed by atoms with Crippen molar-refractivity contribution in [1.82, 2.24) is 9.96 Å². The highest BCUT2D eigenvalue weighted by atomic mass is 16.7. The molecule has 27 heavy (non-hydrogen) atoms. The molecule has 138 valence electrons. The number of allylic oxidation sites excluding steroid dienone is 1. The summed E-state index contributed by atoms with van der Waals surface area (Å²) in [7, 11) is 0. The van der Waals surface area contributed by atoms with Crippen LogP contribution in [0.25, 0.3) is 0 Å². The monoisotopic (exact) mass is 366 g/mol. The minimum atomic E-state index is -0.808. The second-order valence-electron chi connectivity index (χ2n) is 6.69. The third-order valence-corrected chi connectivity index (χ3v) is 4.99. The summed E-state index contributed by atoms with van der Waals surface area (Å²) in [5.41, 5.74) is 1.63. The molecule has 3 amide bonds. The van der Waals surface area contributed by atoms with Gasteiger partial charge in [-0.1, -0.05) is 42.5 Å². The first kappa shape index (κ1) is 17.4. The molecule has 1 fully saturated rings. The molecule has 7 heteroatoms. The normalized spacial score (nSPS) is 22.7. The first-order chi connectivity index (χ1) is 13.1. The molecule has 1 aromatic carbocycles. The predicted molar refractivity (Wildman–Crippen MR) is 93.6 cm³/mol. The summed E-state index contributed by atoms with van der Waals surface area (Å²) in [6.45, 7) is 0.184. The maximum atomic E-state index is 12.8. The van der Waals surface area contributed by atoms with Crippen LogP contribution in [0.4, 0.5) is 0 Å². The maximum Gasteiger partial charge on any atom is 0.276 e. The van der Waals surface area contributed by atoms with E-state index in [1.54, 1.807) is 12.2 Å². The smallest absolute Gasteiger partial charge is 0.276 e. The van der Waals surface area contributed by atoms with Gasteiger partial charge in [0.2, 0.25) is 0 Å². The van der Waals surface area contributed by atoms with Crippen LogP contribution in [0.15, 0.2) is 53.6 Å². The number of imide groups is 1. The van der Waals surface area contributed by atoms with Crippen LogP contribution in [0.5, 0.6) is 0 Å². The molecular formula is C20H18N2O5. The molecule has 1 saturated heterocycles. The molecule has 0 bridgehead atoms. The molecule has 0 spiro atoms. The fourth-order valence-corrected chi connectivity index (χ4v) is 3.56. The third kappa shape index (κ3) is 3.10. The largest absolute Gasteiger partial charge is 0.322 e. The van der Waals surface area contributed by atoms with E-state index in [0.717, 1.165) is 10.6 Å². The lowest BCUT2D eigenvalue weighted by atomic mass is 9.99. The minimum absolute atomic E-state index is 0.0783. The van der Waals surface area contributed by atoms with Crippen molar-refractivity contribution in [3.05, 3.63) is 59.2 Å². The van der Waals surface area contributed by atoms with Crippen molar-refractivity contribution in [3.8, 4) is 0 Å². The highest BCUT2D eigenvalue weighted by molar-refractivity contribution is 6.14. The Labute approximate surface area is 155 Å². The fraction of sp³-hybridized carbons (Fsp3) is 0.300. The average Bonchev–Trinajstić information content (AvgIpc) is 3.01. The molecular weight excluding hydrogens is 348 g/mol. The molecule has 7 nitrogen and oxygen atoms in total. The maximum absolute atomic E-state index is 12.8. The molecule has 0 saturated carbocycles. The van der Waals surface area contributed by atoms with Gasteiger partial charge in [-0.15, -0.1) is 0 Å². The summed E-state index contributed by atoms with van der Waals surface area (Å²) >= 11 is 0. The summed E-state index contributed by atoms with van der Waals surface area (Å²) < 4.78 is 0. The number of benzene rings is 1. The zero-order valence-electron chi connectivity index (χ0n) is 14.6. The Kier molecular flexibility index (Phi) is 4.45. The van der Waals surface area contributed by atoms with E-state index in [0.29, 0.717) is 11.1 Å². The molecule has 0 radical (unpaired) electrons. The standard InChI is InChI=1S/C20H18N2O5/c23-17-8-4-7-14-15(17)11-21(19(14)25)16-9-10-18(24)22(20(16)26)27-12-13-5-2-1-3-6-13/h1-7,16H,8-12H2. The molecule has 4 rings (SSSR count). The summed E-state index contributed by atoms with van der Waals surface area (Å²) in [6, 6.07) is 8.39. The van der Waals surface area contributed by atoms with E-state index in [1.807, 2.05) is 30.3 Å². The quantitative estimate of drug-likeness (QED) is 0.750. The Bertz CT molecular complexity index is 887. The van der Waals surface area contributed by atoms with E-state index >= 15 is 0 Å². The summed E-state index contributed by atoms with van der Waals surface area (Å²) in [6.07, 6.45) is 3.89. The number of carbonyl (C=O) groups excluding carboxylic acids is 4. The van der Waals surface area contributed by atoms with Crippen molar-refractivity contribution in [3.63, 3.8) is 0 Å². The highest BCUT2D eigenvalue weighted by Gasteiger charge is 2.45. The van der Waals surface area contributed by atoms with Crippen LogP contribution < -0.4 is 0 Å². The van der Waals surface area contributed by atoms with Crippen LogP contribution in [0.1, 0.15) is 24.8 Å². The molecule has 2 heterocycles. The van der Waals surface area contributed by atoms with Crippen LogP contribution >= 0.6 is 0 Å². The number of rotatable bonds is 4. The Morgan fingerprint density at radius 3 is 2.59 bits per heavy atom. The lowest BCUT2D eigenvalue weighted by Gasteiger charge is -2.34. The number of nitrogens with zero attached hydrogens (tertiary/aromatic N) is 2. The molecule has 2 aliphatic heterocycles. The zero-order chi connectivity index (χ0) is 19.0. The van der Waals surface area contributed by atoms with Gasteiger partial charge in [0.25, 0.3) is 17.7 Å².